The van der Waals surface area contributed by atoms with Crippen LogP contribution in [0.1, 0.15) is 44.3 Å². The Labute approximate surface area is 285 Å². The Balaban J connectivity index is 1.30. The molecular weight excluding hydrogens is 622 g/mol. The number of aliphatic hydroxyl groups is 1. The quantitative estimate of drug-likeness (QED) is 0.230. The number of allylic oxidation sites excluding steroid dienone is 1. The number of carbonyl (C=O) groups excluding carboxylic acids is 4. The highest BCUT2D eigenvalue weighted by atomic mass is 16.6. The molecule has 0 bridgehead atoms. The fourth-order valence-corrected chi connectivity index (χ4v) is 7.91. The van der Waals surface area contributed by atoms with Crippen LogP contribution in [0.3, 0.4) is 0 Å². The van der Waals surface area contributed by atoms with Crippen molar-refractivity contribution in [1.29, 1.82) is 0 Å². The van der Waals surface area contributed by atoms with Gasteiger partial charge in [0.05, 0.1) is 18.1 Å². The Morgan fingerprint density at radius 1 is 0.918 bits per heavy atom. The smallest absolute Gasteiger partial charge is 0.313 e. The number of benzene rings is 3. The number of hydrogen-bond donors (Lipinski definition) is 2. The number of aliphatic hydroxyl groups excluding tert-OH is 1. The van der Waals surface area contributed by atoms with Crippen molar-refractivity contribution in [3.63, 3.8) is 0 Å². The first-order valence-corrected chi connectivity index (χ1v) is 17.1. The average molecular weight is 664 g/mol. The number of fused-ring (bicyclic) bond motifs is 3. The van der Waals surface area contributed by atoms with Gasteiger partial charge in [-0.05, 0) is 54.7 Å². The Morgan fingerprint density at radius 2 is 1.69 bits per heavy atom. The van der Waals surface area contributed by atoms with Crippen LogP contribution in [0.15, 0.2) is 97.1 Å². The second-order valence-electron chi connectivity index (χ2n) is 13.3. The lowest BCUT2D eigenvalue weighted by Crippen LogP contribution is -2.55. The third-order valence-electron chi connectivity index (χ3n) is 10.2. The summed E-state index contributed by atoms with van der Waals surface area (Å²) in [5.41, 5.74) is -0.0460. The molecule has 1 spiro atoms. The molecule has 49 heavy (non-hydrogen) atoms. The molecule has 7 rings (SSSR count). The van der Waals surface area contributed by atoms with E-state index in [-0.39, 0.29) is 43.8 Å². The maximum atomic E-state index is 14.8. The summed E-state index contributed by atoms with van der Waals surface area (Å²) in [5.74, 6) is -3.55. The molecule has 0 aliphatic carbocycles. The second-order valence-corrected chi connectivity index (χ2v) is 13.3. The number of unbranched alkanes of at least 4 members (excludes halogenated alkanes) is 1. The highest BCUT2D eigenvalue weighted by Crippen LogP contribution is 2.53. The molecular formula is C39H41N3O7. The second kappa shape index (κ2) is 13.6. The van der Waals surface area contributed by atoms with Gasteiger partial charge in [-0.2, -0.15) is 0 Å². The van der Waals surface area contributed by atoms with Gasteiger partial charge in [0.25, 0.3) is 5.91 Å². The molecule has 0 aromatic heterocycles. The molecule has 3 aromatic rings. The first-order valence-electron chi connectivity index (χ1n) is 17.1. The number of rotatable bonds is 6. The zero-order valence-corrected chi connectivity index (χ0v) is 27.4. The van der Waals surface area contributed by atoms with E-state index in [4.69, 9.17) is 9.47 Å². The number of likely N-dealkylation sites (tertiary alicyclic amines) is 1. The van der Waals surface area contributed by atoms with Crippen LogP contribution < -0.4 is 10.2 Å². The summed E-state index contributed by atoms with van der Waals surface area (Å²) in [7, 11) is 0. The maximum absolute atomic E-state index is 14.8. The molecule has 4 aliphatic rings. The summed E-state index contributed by atoms with van der Waals surface area (Å²) in [6.45, 7) is 2.21. The number of ether oxygens (including phenoxy) is 2. The molecule has 0 saturated carbocycles. The minimum Gasteiger partial charge on any atom is -0.455 e. The zero-order valence-electron chi connectivity index (χ0n) is 27.4. The fourth-order valence-electron chi connectivity index (χ4n) is 7.91. The normalized spacial score (nSPS) is 30.8. The molecule has 2 fully saturated rings. The van der Waals surface area contributed by atoms with Crippen molar-refractivity contribution < 1.29 is 33.8 Å². The summed E-state index contributed by atoms with van der Waals surface area (Å²) in [4.78, 5) is 59.9. The molecule has 4 heterocycles. The molecule has 10 nitrogen and oxygen atoms in total. The number of carbonyl (C=O) groups is 4. The maximum Gasteiger partial charge on any atom is 0.313 e. The number of esters is 1. The molecule has 2 saturated heterocycles. The predicted octanol–water partition coefficient (Wildman–Crippen LogP) is 4.24. The Morgan fingerprint density at radius 3 is 2.49 bits per heavy atom. The van der Waals surface area contributed by atoms with Crippen LogP contribution in [0.2, 0.25) is 0 Å². The monoisotopic (exact) mass is 663 g/mol. The van der Waals surface area contributed by atoms with E-state index in [0.717, 1.165) is 10.8 Å². The van der Waals surface area contributed by atoms with E-state index in [1.807, 2.05) is 78.9 Å². The highest BCUT2D eigenvalue weighted by molar-refractivity contribution is 6.06. The molecule has 2 N–H and O–H groups in total. The van der Waals surface area contributed by atoms with Crippen LogP contribution in [0.25, 0.3) is 10.8 Å². The summed E-state index contributed by atoms with van der Waals surface area (Å²) in [5, 5.41) is 14.6. The van der Waals surface area contributed by atoms with Crippen LogP contribution in [0.5, 0.6) is 0 Å². The number of cyclic esters (lactones) is 1. The van der Waals surface area contributed by atoms with Crippen LogP contribution in [-0.4, -0.2) is 77.2 Å². The van der Waals surface area contributed by atoms with Crippen LogP contribution in [0, 0.1) is 11.8 Å². The van der Waals surface area contributed by atoms with Crippen molar-refractivity contribution in [2.75, 3.05) is 24.6 Å². The van der Waals surface area contributed by atoms with E-state index in [0.29, 0.717) is 30.5 Å². The number of hydrogen-bond acceptors (Lipinski definition) is 7. The number of nitrogens with one attached hydrogen (secondary N) is 1. The lowest BCUT2D eigenvalue weighted by atomic mass is 9.77. The van der Waals surface area contributed by atoms with Gasteiger partial charge in [0.1, 0.15) is 23.7 Å². The third kappa shape index (κ3) is 5.93. The molecule has 10 heteroatoms. The summed E-state index contributed by atoms with van der Waals surface area (Å²) in [6, 6.07) is 21.4. The summed E-state index contributed by atoms with van der Waals surface area (Å²) >= 11 is 0. The van der Waals surface area contributed by atoms with E-state index in [1.54, 1.807) is 35.0 Å². The fraction of sp³-hybridized carbons (Fsp3) is 0.385. The van der Waals surface area contributed by atoms with E-state index >= 15 is 0 Å². The van der Waals surface area contributed by atoms with E-state index < -0.39 is 47.7 Å². The van der Waals surface area contributed by atoms with Crippen molar-refractivity contribution in [3.8, 4) is 0 Å². The molecule has 0 unspecified atom stereocenters. The molecule has 4 aliphatic heterocycles. The van der Waals surface area contributed by atoms with E-state index in [1.165, 1.54) is 0 Å². The van der Waals surface area contributed by atoms with Crippen molar-refractivity contribution >= 4 is 40.2 Å². The van der Waals surface area contributed by atoms with Crippen LogP contribution >= 0.6 is 0 Å². The van der Waals surface area contributed by atoms with Gasteiger partial charge in [-0.15, -0.1) is 0 Å². The lowest BCUT2D eigenvalue weighted by molar-refractivity contribution is -0.161. The number of nitrogens with zero attached hydrogens (tertiary/aromatic N) is 2. The Hall–Kier alpha value is -4.80. The lowest BCUT2D eigenvalue weighted by Gasteiger charge is -2.35. The largest absolute Gasteiger partial charge is 0.455 e. The Kier molecular flexibility index (Phi) is 9.09. The predicted molar refractivity (Wildman–Crippen MR) is 183 cm³/mol. The molecule has 3 aromatic carbocycles. The van der Waals surface area contributed by atoms with Gasteiger partial charge in [0.15, 0.2) is 0 Å². The highest BCUT2D eigenvalue weighted by Gasteiger charge is 2.71. The first-order chi connectivity index (χ1) is 23.8. The van der Waals surface area contributed by atoms with Gasteiger partial charge in [-0.1, -0.05) is 85.0 Å². The van der Waals surface area contributed by atoms with E-state index in [9.17, 15) is 24.3 Å². The average Bonchev–Trinajstić information content (AvgIpc) is 3.49. The Bertz CT molecular complexity index is 1810. The number of anilines is 1. The zero-order chi connectivity index (χ0) is 34.1. The summed E-state index contributed by atoms with van der Waals surface area (Å²) in [6.07, 6.45) is 7.05. The molecule has 7 atom stereocenters. The van der Waals surface area contributed by atoms with Crippen molar-refractivity contribution in [1.82, 2.24) is 10.2 Å². The van der Waals surface area contributed by atoms with Crippen LogP contribution in [0.4, 0.5) is 5.69 Å². The molecule has 0 radical (unpaired) electrons. The molecule has 254 valence electrons. The van der Waals surface area contributed by atoms with Gasteiger partial charge in [-0.3, -0.25) is 19.2 Å². The topological polar surface area (TPSA) is 125 Å². The van der Waals surface area contributed by atoms with Crippen LogP contribution in [-0.2, 0) is 28.7 Å². The number of amides is 3. The molecule has 3 amide bonds. The van der Waals surface area contributed by atoms with Gasteiger partial charge < -0.3 is 29.7 Å². The standard InChI is InChI=1S/C39H41N3O7/c1-25-34(27-13-3-2-4-14-27)48-38(47)32-30(16-7-8-17-31(44)40-25)49-39-20-11-22-41(29-19-18-26-12-5-6-15-28(26)24-29)37(46)35(39)42(21-9-10-23-43)36(45)33(32)39/h2-7,11-16,18-20,24-25,30,32-35,43H,8-10,17,21-23H2,1H3,(H,40,44)/b16-7-/t25-,30-,32+,33+,34+,35-,39+/m1/s1. The minimum atomic E-state index is -1.44. The summed E-state index contributed by atoms with van der Waals surface area (Å²) < 4.78 is 13.1. The van der Waals surface area contributed by atoms with Crippen molar-refractivity contribution in [2.45, 2.75) is 62.5 Å². The van der Waals surface area contributed by atoms with Crippen molar-refractivity contribution in [3.05, 3.63) is 103 Å². The van der Waals surface area contributed by atoms with Gasteiger partial charge in [0.2, 0.25) is 11.8 Å². The van der Waals surface area contributed by atoms with Gasteiger partial charge in [0, 0.05) is 31.8 Å². The van der Waals surface area contributed by atoms with Gasteiger partial charge >= 0.3 is 5.97 Å². The first kappa shape index (κ1) is 32.7. The van der Waals surface area contributed by atoms with Gasteiger partial charge in [-0.25, -0.2) is 0 Å². The SMILES string of the molecule is C[C@H]1NC(=O)CC/C=C\[C@H]2O[C@]34C=CCN(c5ccc6ccccc6c5)C(=O)[C@H]3N(CCCCO)C(=O)[C@@H]4[C@H]2C(=O)O[C@@H]1c1ccccc1. The third-order valence-corrected chi connectivity index (χ3v) is 10.2. The van der Waals surface area contributed by atoms with Crippen molar-refractivity contribution in [2.24, 2.45) is 11.8 Å². The minimum absolute atomic E-state index is 0.0494. The van der Waals surface area contributed by atoms with E-state index in [2.05, 4.69) is 5.32 Å².